The third kappa shape index (κ3) is 5.36. The molecule has 0 aliphatic heterocycles. The molecule has 0 aromatic carbocycles. The molecule has 2 atom stereocenters. The van der Waals surface area contributed by atoms with E-state index in [-0.39, 0.29) is 6.04 Å². The molecule has 6 N–H and O–H groups in total. The van der Waals surface area contributed by atoms with Gasteiger partial charge in [0.1, 0.15) is 0 Å². The Balaban J connectivity index is 3.58. The van der Waals surface area contributed by atoms with Crippen LogP contribution in [0, 0.1) is 5.92 Å². The monoisotopic (exact) mass is 203 g/mol. The minimum absolute atomic E-state index is 0.387. The van der Waals surface area contributed by atoms with Gasteiger partial charge in [-0.3, -0.25) is 4.79 Å². The average molecular weight is 203 g/mol. The molecule has 0 saturated heterocycles. The van der Waals surface area contributed by atoms with Gasteiger partial charge in [-0.2, -0.15) is 0 Å². The summed E-state index contributed by atoms with van der Waals surface area (Å²) in [4.78, 5) is 20.8. The van der Waals surface area contributed by atoms with E-state index < -0.39 is 17.9 Å². The van der Waals surface area contributed by atoms with Crippen molar-refractivity contribution in [1.29, 1.82) is 0 Å². The third-order valence-corrected chi connectivity index (χ3v) is 2.05. The summed E-state index contributed by atoms with van der Waals surface area (Å²) in [7, 11) is 0. The van der Waals surface area contributed by atoms with E-state index in [1.807, 2.05) is 0 Å². The van der Waals surface area contributed by atoms with Crippen LogP contribution in [-0.4, -0.2) is 29.7 Å². The largest absolute Gasteiger partial charge is 0.481 e. The summed E-state index contributed by atoms with van der Waals surface area (Å²) in [6.45, 7) is 1.99. The summed E-state index contributed by atoms with van der Waals surface area (Å²) in [6, 6.07) is -0.966. The second-order valence-corrected chi connectivity index (χ2v) is 3.22. The highest BCUT2D eigenvalue weighted by Crippen LogP contribution is 2.06. The van der Waals surface area contributed by atoms with Gasteiger partial charge >= 0.3 is 12.0 Å². The van der Waals surface area contributed by atoms with Crippen LogP contribution in [0.3, 0.4) is 0 Å². The fourth-order valence-corrected chi connectivity index (χ4v) is 0.982. The van der Waals surface area contributed by atoms with Gasteiger partial charge in [-0.05, 0) is 12.8 Å². The van der Waals surface area contributed by atoms with Gasteiger partial charge in [0.2, 0.25) is 0 Å². The van der Waals surface area contributed by atoms with Gasteiger partial charge in [-0.1, -0.05) is 6.92 Å². The maximum atomic E-state index is 10.5. The molecule has 82 valence electrons. The molecule has 0 rings (SSSR count). The Morgan fingerprint density at radius 1 is 1.50 bits per heavy atom. The lowest BCUT2D eigenvalue weighted by molar-refractivity contribution is -0.141. The first kappa shape index (κ1) is 12.7. The minimum Gasteiger partial charge on any atom is -0.481 e. The van der Waals surface area contributed by atoms with Gasteiger partial charge in [-0.15, -0.1) is 0 Å². The van der Waals surface area contributed by atoms with Crippen molar-refractivity contribution in [3.8, 4) is 0 Å². The second-order valence-electron chi connectivity index (χ2n) is 3.22. The molecule has 0 saturated carbocycles. The van der Waals surface area contributed by atoms with Gasteiger partial charge < -0.3 is 21.9 Å². The van der Waals surface area contributed by atoms with Crippen molar-refractivity contribution in [2.75, 3.05) is 6.54 Å². The zero-order valence-corrected chi connectivity index (χ0v) is 8.19. The highest BCUT2D eigenvalue weighted by molar-refractivity contribution is 5.71. The van der Waals surface area contributed by atoms with Crippen LogP contribution in [0.1, 0.15) is 19.8 Å². The number of hydrogen-bond acceptors (Lipinski definition) is 3. The van der Waals surface area contributed by atoms with Crippen molar-refractivity contribution in [3.63, 3.8) is 0 Å². The predicted octanol–water partition coefficient (Wildman–Crippen LogP) is -0.517. The number of carboxylic acid groups (broad SMARTS) is 1. The van der Waals surface area contributed by atoms with Crippen LogP contribution in [0.5, 0.6) is 0 Å². The maximum Gasteiger partial charge on any atom is 0.312 e. The average Bonchev–Trinajstić information content (AvgIpc) is 2.10. The van der Waals surface area contributed by atoms with E-state index in [1.165, 1.54) is 0 Å². The van der Waals surface area contributed by atoms with E-state index in [9.17, 15) is 9.59 Å². The number of nitrogens with one attached hydrogen (secondary N) is 1. The molecule has 0 aromatic rings. The van der Waals surface area contributed by atoms with Gasteiger partial charge in [0, 0.05) is 12.6 Å². The number of primary amides is 1. The summed E-state index contributed by atoms with van der Waals surface area (Å²) in [5.41, 5.74) is 10.5. The molecule has 0 aromatic heterocycles. The lowest BCUT2D eigenvalue weighted by Gasteiger charge is -2.15. The lowest BCUT2D eigenvalue weighted by atomic mass is 9.99. The smallest absolute Gasteiger partial charge is 0.312 e. The molecule has 0 spiro atoms. The lowest BCUT2D eigenvalue weighted by Crippen LogP contribution is -2.35. The standard InChI is InChI=1S/C8H17N3O3/c1-5(7(12)13)6(9)3-2-4-11-8(10)14/h5-6H,2-4,9H2,1H3,(H,12,13)(H3,10,11,14)/t5?,6-/m1/s1. The molecule has 1 unspecified atom stereocenters. The fourth-order valence-electron chi connectivity index (χ4n) is 0.982. The second kappa shape index (κ2) is 6.20. The first-order valence-corrected chi connectivity index (χ1v) is 4.47. The number of carboxylic acids is 1. The Kier molecular flexibility index (Phi) is 5.62. The molecule has 0 fully saturated rings. The Hall–Kier alpha value is -1.30. The Bertz CT molecular complexity index is 208. The van der Waals surface area contributed by atoms with Crippen LogP contribution in [0.4, 0.5) is 4.79 Å². The molecule has 14 heavy (non-hydrogen) atoms. The third-order valence-electron chi connectivity index (χ3n) is 2.05. The van der Waals surface area contributed by atoms with Crippen LogP contribution in [-0.2, 0) is 4.79 Å². The molecule has 0 aliphatic rings. The number of aliphatic carboxylic acids is 1. The van der Waals surface area contributed by atoms with E-state index in [2.05, 4.69) is 5.32 Å². The van der Waals surface area contributed by atoms with Gasteiger partial charge in [0.15, 0.2) is 0 Å². The summed E-state index contributed by atoms with van der Waals surface area (Å²) in [6.07, 6.45) is 1.18. The number of carbonyl (C=O) groups is 2. The topological polar surface area (TPSA) is 118 Å². The van der Waals surface area contributed by atoms with Gasteiger partial charge in [0.05, 0.1) is 5.92 Å². The highest BCUT2D eigenvalue weighted by atomic mass is 16.4. The number of carbonyl (C=O) groups excluding carboxylic acids is 1. The van der Waals surface area contributed by atoms with E-state index >= 15 is 0 Å². The van der Waals surface area contributed by atoms with E-state index in [1.54, 1.807) is 6.92 Å². The van der Waals surface area contributed by atoms with Crippen LogP contribution in [0.2, 0.25) is 0 Å². The zero-order chi connectivity index (χ0) is 11.1. The quantitative estimate of drug-likeness (QED) is 0.434. The van der Waals surface area contributed by atoms with Crippen LogP contribution >= 0.6 is 0 Å². The molecule has 0 aliphatic carbocycles. The maximum absolute atomic E-state index is 10.5. The molecule has 0 bridgehead atoms. The van der Waals surface area contributed by atoms with E-state index in [0.717, 1.165) is 0 Å². The number of nitrogens with two attached hydrogens (primary N) is 2. The summed E-state index contributed by atoms with van der Waals surface area (Å²) < 4.78 is 0. The first-order valence-electron chi connectivity index (χ1n) is 4.47. The normalized spacial score (nSPS) is 14.4. The number of amides is 2. The van der Waals surface area contributed by atoms with Gasteiger partial charge in [-0.25, -0.2) is 4.79 Å². The fraction of sp³-hybridized carbons (Fsp3) is 0.750. The van der Waals surface area contributed by atoms with Gasteiger partial charge in [0.25, 0.3) is 0 Å². The van der Waals surface area contributed by atoms with Crippen molar-refractivity contribution < 1.29 is 14.7 Å². The van der Waals surface area contributed by atoms with E-state index in [0.29, 0.717) is 19.4 Å². The SMILES string of the molecule is CC(C(=O)O)[C@H](N)CCCNC(N)=O. The van der Waals surface area contributed by atoms with Crippen molar-refractivity contribution >= 4 is 12.0 Å². The van der Waals surface area contributed by atoms with Crippen LogP contribution in [0.15, 0.2) is 0 Å². The Morgan fingerprint density at radius 3 is 2.50 bits per heavy atom. The Morgan fingerprint density at radius 2 is 2.07 bits per heavy atom. The summed E-state index contributed by atoms with van der Waals surface area (Å²) in [5.74, 6) is -1.47. The molecular weight excluding hydrogens is 186 g/mol. The zero-order valence-electron chi connectivity index (χ0n) is 8.19. The van der Waals surface area contributed by atoms with Crippen LogP contribution < -0.4 is 16.8 Å². The molecule has 0 radical (unpaired) electrons. The number of rotatable bonds is 6. The van der Waals surface area contributed by atoms with Crippen molar-refractivity contribution in [1.82, 2.24) is 5.32 Å². The van der Waals surface area contributed by atoms with Crippen LogP contribution in [0.25, 0.3) is 0 Å². The summed E-state index contributed by atoms with van der Waals surface area (Å²) in [5, 5.41) is 11.0. The van der Waals surface area contributed by atoms with Crippen molar-refractivity contribution in [2.45, 2.75) is 25.8 Å². The predicted molar refractivity (Wildman–Crippen MR) is 51.6 cm³/mol. The molecule has 6 heteroatoms. The summed E-state index contributed by atoms with van der Waals surface area (Å²) >= 11 is 0. The first-order chi connectivity index (χ1) is 6.45. The van der Waals surface area contributed by atoms with Crippen molar-refractivity contribution in [3.05, 3.63) is 0 Å². The van der Waals surface area contributed by atoms with Crippen molar-refractivity contribution in [2.24, 2.45) is 17.4 Å². The van der Waals surface area contributed by atoms with E-state index in [4.69, 9.17) is 16.6 Å². The molecular formula is C8H17N3O3. The molecule has 6 nitrogen and oxygen atoms in total. The Labute approximate surface area is 82.6 Å². The highest BCUT2D eigenvalue weighted by Gasteiger charge is 2.18. The number of urea groups is 1. The number of hydrogen-bond donors (Lipinski definition) is 4. The minimum atomic E-state index is -0.902. The molecule has 2 amide bonds. The molecule has 0 heterocycles.